The van der Waals surface area contributed by atoms with E-state index in [1.165, 1.54) is 0 Å². The molecule has 4 nitrogen and oxygen atoms in total. The van der Waals surface area contributed by atoms with Gasteiger partial charge in [0.25, 0.3) is 0 Å². The lowest BCUT2D eigenvalue weighted by Crippen LogP contribution is -2.44. The molecule has 1 saturated heterocycles. The second-order valence-electron chi connectivity index (χ2n) is 4.35. The van der Waals surface area contributed by atoms with E-state index in [9.17, 15) is 9.90 Å². The van der Waals surface area contributed by atoms with Crippen LogP contribution in [0.15, 0.2) is 0 Å². The molecule has 1 N–H and O–H groups in total. The van der Waals surface area contributed by atoms with Crippen molar-refractivity contribution in [3.8, 4) is 0 Å². The molecule has 0 aromatic rings. The smallest absolute Gasteiger partial charge is 0.236 e. The molecule has 0 radical (unpaired) electrons. The maximum Gasteiger partial charge on any atom is 0.236 e. The molecular formula is C11H22N2O2. The molecule has 4 heteroatoms. The van der Waals surface area contributed by atoms with Crippen LogP contribution in [-0.2, 0) is 4.79 Å². The molecule has 0 aromatic carbocycles. The molecule has 88 valence electrons. The molecule has 0 unspecified atom stereocenters. The number of hydrogen-bond acceptors (Lipinski definition) is 3. The van der Waals surface area contributed by atoms with Crippen LogP contribution < -0.4 is 0 Å². The van der Waals surface area contributed by atoms with E-state index in [-0.39, 0.29) is 12.0 Å². The number of amides is 1. The second-order valence-corrected chi connectivity index (χ2v) is 4.35. The fraction of sp³-hybridized carbons (Fsp3) is 0.909. The van der Waals surface area contributed by atoms with Crippen molar-refractivity contribution in [2.24, 2.45) is 0 Å². The second kappa shape index (κ2) is 6.08. The van der Waals surface area contributed by atoms with Gasteiger partial charge in [-0.15, -0.1) is 0 Å². The quantitative estimate of drug-likeness (QED) is 0.732. The zero-order valence-corrected chi connectivity index (χ0v) is 9.78. The van der Waals surface area contributed by atoms with Crippen molar-refractivity contribution in [2.45, 2.75) is 32.3 Å². The molecule has 0 spiro atoms. The van der Waals surface area contributed by atoms with Gasteiger partial charge in [0.1, 0.15) is 0 Å². The fourth-order valence-corrected chi connectivity index (χ4v) is 1.91. The zero-order chi connectivity index (χ0) is 11.3. The van der Waals surface area contributed by atoms with Crippen LogP contribution in [0.2, 0.25) is 0 Å². The van der Waals surface area contributed by atoms with Crippen molar-refractivity contribution in [3.05, 3.63) is 0 Å². The first-order chi connectivity index (χ1) is 7.13. The third-order valence-electron chi connectivity index (χ3n) is 2.83. The highest BCUT2D eigenvalue weighted by Crippen LogP contribution is 2.10. The molecule has 1 heterocycles. The van der Waals surface area contributed by atoms with Gasteiger partial charge in [-0.2, -0.15) is 0 Å². The first-order valence-corrected chi connectivity index (χ1v) is 5.78. The van der Waals surface area contributed by atoms with Gasteiger partial charge < -0.3 is 10.0 Å². The molecule has 1 aliphatic heterocycles. The van der Waals surface area contributed by atoms with Crippen LogP contribution in [0.5, 0.6) is 0 Å². The van der Waals surface area contributed by atoms with E-state index in [1.807, 2.05) is 16.8 Å². The first kappa shape index (κ1) is 12.5. The molecule has 1 rings (SSSR count). The summed E-state index contributed by atoms with van der Waals surface area (Å²) in [5.41, 5.74) is 0. The molecule has 0 atom stereocenters. The summed E-state index contributed by atoms with van der Waals surface area (Å²) in [5, 5.41) is 9.33. The van der Waals surface area contributed by atoms with Gasteiger partial charge in [-0.05, 0) is 32.9 Å². The van der Waals surface area contributed by atoms with E-state index in [1.54, 1.807) is 0 Å². The summed E-state index contributed by atoms with van der Waals surface area (Å²) in [4.78, 5) is 15.7. The van der Waals surface area contributed by atoms with Gasteiger partial charge >= 0.3 is 0 Å². The van der Waals surface area contributed by atoms with Crippen LogP contribution in [0, 0.1) is 0 Å². The summed E-state index contributed by atoms with van der Waals surface area (Å²) in [6.45, 7) is 4.99. The van der Waals surface area contributed by atoms with Crippen molar-refractivity contribution in [1.82, 2.24) is 9.80 Å². The van der Waals surface area contributed by atoms with E-state index in [2.05, 4.69) is 6.92 Å². The third kappa shape index (κ3) is 4.18. The minimum Gasteiger partial charge on any atom is -0.393 e. The Labute approximate surface area is 91.9 Å². The highest BCUT2D eigenvalue weighted by atomic mass is 16.3. The van der Waals surface area contributed by atoms with Crippen molar-refractivity contribution in [3.63, 3.8) is 0 Å². The van der Waals surface area contributed by atoms with Crippen molar-refractivity contribution < 1.29 is 9.90 Å². The SMILES string of the molecule is CCCN(C)CC(=O)N1CCC(O)CC1. The number of aliphatic hydroxyl groups is 1. The molecule has 0 aromatic heterocycles. The molecule has 0 saturated carbocycles. The Morgan fingerprint density at radius 3 is 2.60 bits per heavy atom. The molecular weight excluding hydrogens is 192 g/mol. The normalized spacial score (nSPS) is 18.5. The summed E-state index contributed by atoms with van der Waals surface area (Å²) < 4.78 is 0. The van der Waals surface area contributed by atoms with Gasteiger partial charge in [0, 0.05) is 13.1 Å². The summed E-state index contributed by atoms with van der Waals surface area (Å²) in [7, 11) is 1.97. The van der Waals surface area contributed by atoms with E-state index < -0.39 is 0 Å². The molecule has 0 bridgehead atoms. The summed E-state index contributed by atoms with van der Waals surface area (Å²) in [5.74, 6) is 0.192. The summed E-state index contributed by atoms with van der Waals surface area (Å²) in [6, 6.07) is 0. The van der Waals surface area contributed by atoms with Gasteiger partial charge in [-0.25, -0.2) is 0 Å². The van der Waals surface area contributed by atoms with Gasteiger partial charge in [0.15, 0.2) is 0 Å². The lowest BCUT2D eigenvalue weighted by molar-refractivity contribution is -0.134. The number of likely N-dealkylation sites (tertiary alicyclic amines) is 1. The highest BCUT2D eigenvalue weighted by Gasteiger charge is 2.21. The highest BCUT2D eigenvalue weighted by molar-refractivity contribution is 5.78. The Bertz CT molecular complexity index is 201. The lowest BCUT2D eigenvalue weighted by Gasteiger charge is -2.31. The zero-order valence-electron chi connectivity index (χ0n) is 9.78. The van der Waals surface area contributed by atoms with Crippen LogP contribution in [0.25, 0.3) is 0 Å². The molecule has 0 aliphatic carbocycles. The van der Waals surface area contributed by atoms with Gasteiger partial charge in [0.05, 0.1) is 12.6 Å². The maximum absolute atomic E-state index is 11.8. The minimum absolute atomic E-state index is 0.192. The predicted molar refractivity (Wildman–Crippen MR) is 59.6 cm³/mol. The summed E-state index contributed by atoms with van der Waals surface area (Å²) in [6.07, 6.45) is 2.32. The van der Waals surface area contributed by atoms with E-state index in [0.717, 1.165) is 25.8 Å². The number of piperidine rings is 1. The van der Waals surface area contributed by atoms with Gasteiger partial charge in [-0.3, -0.25) is 9.69 Å². The Kier molecular flexibility index (Phi) is 5.05. The van der Waals surface area contributed by atoms with Crippen LogP contribution in [-0.4, -0.2) is 60.1 Å². The maximum atomic E-state index is 11.8. The number of aliphatic hydroxyl groups excluding tert-OH is 1. The van der Waals surface area contributed by atoms with Crippen molar-refractivity contribution in [1.29, 1.82) is 0 Å². The van der Waals surface area contributed by atoms with Crippen LogP contribution in [0.1, 0.15) is 26.2 Å². The molecule has 1 amide bonds. The monoisotopic (exact) mass is 214 g/mol. The predicted octanol–water partition coefficient (Wildman–Crippen LogP) is 0.311. The molecule has 1 aliphatic rings. The van der Waals surface area contributed by atoms with Crippen LogP contribution >= 0.6 is 0 Å². The van der Waals surface area contributed by atoms with Crippen LogP contribution in [0.4, 0.5) is 0 Å². The standard InChI is InChI=1S/C11H22N2O2/c1-3-6-12(2)9-11(15)13-7-4-10(14)5-8-13/h10,14H,3-9H2,1-2H3. The van der Waals surface area contributed by atoms with Crippen molar-refractivity contribution in [2.75, 3.05) is 33.2 Å². The number of hydrogen-bond donors (Lipinski definition) is 1. The largest absolute Gasteiger partial charge is 0.393 e. The Morgan fingerprint density at radius 1 is 1.47 bits per heavy atom. The number of carbonyl (C=O) groups excluding carboxylic acids is 1. The van der Waals surface area contributed by atoms with E-state index >= 15 is 0 Å². The lowest BCUT2D eigenvalue weighted by atomic mass is 10.1. The Hall–Kier alpha value is -0.610. The number of likely N-dealkylation sites (N-methyl/N-ethyl adjacent to an activating group) is 1. The average Bonchev–Trinajstić information content (AvgIpc) is 2.18. The first-order valence-electron chi connectivity index (χ1n) is 5.78. The number of rotatable bonds is 4. The molecule has 15 heavy (non-hydrogen) atoms. The van der Waals surface area contributed by atoms with Crippen LogP contribution in [0.3, 0.4) is 0 Å². The number of nitrogens with zero attached hydrogens (tertiary/aromatic N) is 2. The van der Waals surface area contributed by atoms with E-state index in [4.69, 9.17) is 0 Å². The van der Waals surface area contributed by atoms with Gasteiger partial charge in [0.2, 0.25) is 5.91 Å². The van der Waals surface area contributed by atoms with Crippen molar-refractivity contribution >= 4 is 5.91 Å². The molecule has 1 fully saturated rings. The number of carbonyl (C=O) groups is 1. The summed E-state index contributed by atoms with van der Waals surface area (Å²) >= 11 is 0. The average molecular weight is 214 g/mol. The Morgan fingerprint density at radius 2 is 2.07 bits per heavy atom. The van der Waals surface area contributed by atoms with Gasteiger partial charge in [-0.1, -0.05) is 6.92 Å². The fourth-order valence-electron chi connectivity index (χ4n) is 1.91. The van der Waals surface area contributed by atoms with E-state index in [0.29, 0.717) is 19.6 Å². The minimum atomic E-state index is -0.206. The Balaban J connectivity index is 2.27. The topological polar surface area (TPSA) is 43.8 Å². The third-order valence-corrected chi connectivity index (χ3v) is 2.83.